The first kappa shape index (κ1) is 17.9. The molecule has 1 amide bonds. The Bertz CT molecular complexity index is 632. The number of carbonyl (C=O) groups excluding carboxylic acids is 1. The van der Waals surface area contributed by atoms with Crippen molar-refractivity contribution in [3.63, 3.8) is 0 Å². The van der Waals surface area contributed by atoms with Crippen LogP contribution >= 0.6 is 0 Å². The van der Waals surface area contributed by atoms with Crippen molar-refractivity contribution < 1.29 is 13.2 Å². The molecule has 2 rings (SSSR count). The van der Waals surface area contributed by atoms with Crippen LogP contribution in [0.1, 0.15) is 30.9 Å². The monoisotopic (exact) mass is 338 g/mol. The fraction of sp³-hybridized carbons (Fsp3) is 0.588. The van der Waals surface area contributed by atoms with Crippen molar-refractivity contribution in [1.82, 2.24) is 9.21 Å². The summed E-state index contributed by atoms with van der Waals surface area (Å²) in [5.41, 5.74) is 2.31. The van der Waals surface area contributed by atoms with Crippen LogP contribution in [0.15, 0.2) is 24.3 Å². The zero-order valence-electron chi connectivity index (χ0n) is 14.2. The third-order valence-corrected chi connectivity index (χ3v) is 6.36. The Hall–Kier alpha value is -1.40. The molecule has 0 bridgehead atoms. The molecule has 128 valence electrons. The second-order valence-corrected chi connectivity index (χ2v) is 8.51. The van der Waals surface area contributed by atoms with E-state index in [1.54, 1.807) is 11.8 Å². The molecule has 0 saturated carbocycles. The highest BCUT2D eigenvalue weighted by atomic mass is 32.2. The van der Waals surface area contributed by atoms with Crippen molar-refractivity contribution in [3.8, 4) is 0 Å². The van der Waals surface area contributed by atoms with Gasteiger partial charge in [0.1, 0.15) is 0 Å². The Morgan fingerprint density at radius 2 is 1.78 bits per heavy atom. The van der Waals surface area contributed by atoms with Gasteiger partial charge < -0.3 is 4.90 Å². The summed E-state index contributed by atoms with van der Waals surface area (Å²) >= 11 is 0. The standard InChI is InChI=1S/C17H26N2O3S/c1-4-23(21,22)19-11-9-16(10-12-19)17(20)18(3)13-15-7-5-14(2)6-8-15/h5-8,16H,4,9-13H2,1-3H3. The average Bonchev–Trinajstić information content (AvgIpc) is 2.56. The van der Waals surface area contributed by atoms with Gasteiger partial charge in [0.2, 0.25) is 15.9 Å². The predicted molar refractivity (Wildman–Crippen MR) is 91.4 cm³/mol. The minimum absolute atomic E-state index is 0.0752. The van der Waals surface area contributed by atoms with E-state index in [1.807, 2.05) is 38.2 Å². The van der Waals surface area contributed by atoms with Crippen molar-refractivity contribution in [3.05, 3.63) is 35.4 Å². The van der Waals surface area contributed by atoms with Crippen LogP contribution in [0.5, 0.6) is 0 Å². The third-order valence-electron chi connectivity index (χ3n) is 4.48. The first-order chi connectivity index (χ1) is 10.8. The number of aryl methyl sites for hydroxylation is 1. The molecular formula is C17H26N2O3S. The van der Waals surface area contributed by atoms with Gasteiger partial charge in [-0.3, -0.25) is 4.79 Å². The van der Waals surface area contributed by atoms with Gasteiger partial charge in [-0.05, 0) is 32.3 Å². The number of nitrogens with zero attached hydrogens (tertiary/aromatic N) is 2. The molecule has 0 radical (unpaired) electrons. The van der Waals surface area contributed by atoms with Crippen molar-refractivity contribution >= 4 is 15.9 Å². The van der Waals surface area contributed by atoms with Gasteiger partial charge in [-0.15, -0.1) is 0 Å². The summed E-state index contributed by atoms with van der Waals surface area (Å²) in [7, 11) is -1.32. The number of sulfonamides is 1. The molecule has 1 heterocycles. The number of piperidine rings is 1. The minimum Gasteiger partial charge on any atom is -0.341 e. The maximum Gasteiger partial charge on any atom is 0.225 e. The fourth-order valence-electron chi connectivity index (χ4n) is 2.92. The second-order valence-electron chi connectivity index (χ2n) is 6.25. The van der Waals surface area contributed by atoms with Gasteiger partial charge >= 0.3 is 0 Å². The maximum atomic E-state index is 12.6. The normalized spacial score (nSPS) is 17.2. The zero-order chi connectivity index (χ0) is 17.0. The first-order valence-electron chi connectivity index (χ1n) is 8.12. The van der Waals surface area contributed by atoms with Crippen molar-refractivity contribution in [1.29, 1.82) is 0 Å². The summed E-state index contributed by atoms with van der Waals surface area (Å²) in [5, 5.41) is 0. The van der Waals surface area contributed by atoms with E-state index >= 15 is 0 Å². The van der Waals surface area contributed by atoms with E-state index < -0.39 is 10.0 Å². The SMILES string of the molecule is CCS(=O)(=O)N1CCC(C(=O)N(C)Cc2ccc(C)cc2)CC1. The summed E-state index contributed by atoms with van der Waals surface area (Å²) in [6.07, 6.45) is 1.21. The minimum atomic E-state index is -3.13. The van der Waals surface area contributed by atoms with Crippen LogP contribution in [0.4, 0.5) is 0 Å². The van der Waals surface area contributed by atoms with Crippen LogP contribution in [-0.2, 0) is 21.4 Å². The molecule has 1 fully saturated rings. The lowest BCUT2D eigenvalue weighted by molar-refractivity contribution is -0.135. The van der Waals surface area contributed by atoms with E-state index in [1.165, 1.54) is 9.87 Å². The van der Waals surface area contributed by atoms with Crippen molar-refractivity contribution in [2.45, 2.75) is 33.2 Å². The summed E-state index contributed by atoms with van der Waals surface area (Å²) in [6.45, 7) is 5.18. The highest BCUT2D eigenvalue weighted by molar-refractivity contribution is 7.89. The lowest BCUT2D eigenvalue weighted by Gasteiger charge is -2.32. The van der Waals surface area contributed by atoms with Gasteiger partial charge in [0, 0.05) is 32.6 Å². The molecule has 23 heavy (non-hydrogen) atoms. The molecule has 0 aromatic heterocycles. The average molecular weight is 338 g/mol. The summed E-state index contributed by atoms with van der Waals surface area (Å²) in [5.74, 6) is 0.159. The lowest BCUT2D eigenvalue weighted by Crippen LogP contribution is -2.43. The van der Waals surface area contributed by atoms with E-state index in [9.17, 15) is 13.2 Å². The second kappa shape index (κ2) is 7.45. The number of carbonyl (C=O) groups is 1. The first-order valence-corrected chi connectivity index (χ1v) is 9.72. The molecule has 5 nitrogen and oxygen atoms in total. The highest BCUT2D eigenvalue weighted by Gasteiger charge is 2.31. The molecule has 0 unspecified atom stereocenters. The van der Waals surface area contributed by atoms with Crippen LogP contribution in [0.2, 0.25) is 0 Å². The molecule has 6 heteroatoms. The van der Waals surface area contributed by atoms with Gasteiger partial charge in [-0.1, -0.05) is 29.8 Å². The smallest absolute Gasteiger partial charge is 0.225 e. The quantitative estimate of drug-likeness (QED) is 0.825. The third kappa shape index (κ3) is 4.54. The fourth-order valence-corrected chi connectivity index (χ4v) is 4.05. The van der Waals surface area contributed by atoms with E-state index in [-0.39, 0.29) is 17.6 Å². The Morgan fingerprint density at radius 3 is 2.30 bits per heavy atom. The molecule has 1 aliphatic rings. The Kier molecular flexibility index (Phi) is 5.81. The Balaban J connectivity index is 1.90. The van der Waals surface area contributed by atoms with E-state index in [0.29, 0.717) is 32.5 Å². The molecule has 0 N–H and O–H groups in total. The summed E-state index contributed by atoms with van der Waals surface area (Å²) in [6, 6.07) is 8.16. The molecule has 1 aromatic carbocycles. The highest BCUT2D eigenvalue weighted by Crippen LogP contribution is 2.22. The van der Waals surface area contributed by atoms with Crippen LogP contribution in [0.3, 0.4) is 0 Å². The number of hydrogen-bond acceptors (Lipinski definition) is 3. The van der Waals surface area contributed by atoms with E-state index in [4.69, 9.17) is 0 Å². The van der Waals surface area contributed by atoms with E-state index in [0.717, 1.165) is 5.56 Å². The summed E-state index contributed by atoms with van der Waals surface area (Å²) < 4.78 is 25.2. The molecule has 0 aliphatic carbocycles. The molecule has 1 saturated heterocycles. The molecule has 0 atom stereocenters. The van der Waals surface area contributed by atoms with Gasteiger partial charge in [0.05, 0.1) is 5.75 Å². The van der Waals surface area contributed by atoms with E-state index in [2.05, 4.69) is 0 Å². The van der Waals surface area contributed by atoms with Gasteiger partial charge in [-0.2, -0.15) is 0 Å². The largest absolute Gasteiger partial charge is 0.341 e. The molecular weight excluding hydrogens is 312 g/mol. The van der Waals surface area contributed by atoms with Gasteiger partial charge in [0.15, 0.2) is 0 Å². The maximum absolute atomic E-state index is 12.6. The van der Waals surface area contributed by atoms with Gasteiger partial charge in [0.25, 0.3) is 0 Å². The predicted octanol–water partition coefficient (Wildman–Crippen LogP) is 2.02. The number of rotatable bonds is 5. The molecule has 1 aliphatic heterocycles. The Morgan fingerprint density at radius 1 is 1.22 bits per heavy atom. The van der Waals surface area contributed by atoms with Crippen LogP contribution in [-0.4, -0.2) is 49.4 Å². The van der Waals surface area contributed by atoms with Crippen LogP contribution in [0, 0.1) is 12.8 Å². The Labute approximate surface area is 139 Å². The van der Waals surface area contributed by atoms with Crippen molar-refractivity contribution in [2.24, 2.45) is 5.92 Å². The number of amides is 1. The molecule has 1 aromatic rings. The number of benzene rings is 1. The molecule has 0 spiro atoms. The van der Waals surface area contributed by atoms with Crippen LogP contribution < -0.4 is 0 Å². The number of hydrogen-bond donors (Lipinski definition) is 0. The van der Waals surface area contributed by atoms with Crippen LogP contribution in [0.25, 0.3) is 0 Å². The summed E-state index contributed by atoms with van der Waals surface area (Å²) in [4.78, 5) is 14.3. The van der Waals surface area contributed by atoms with Crippen molar-refractivity contribution in [2.75, 3.05) is 25.9 Å². The topological polar surface area (TPSA) is 57.7 Å². The zero-order valence-corrected chi connectivity index (χ0v) is 15.0. The van der Waals surface area contributed by atoms with Gasteiger partial charge in [-0.25, -0.2) is 12.7 Å². The lowest BCUT2D eigenvalue weighted by atomic mass is 9.96.